The zero-order valence-electron chi connectivity index (χ0n) is 25.4. The smallest absolute Gasteiger partial charge is 0.343 e. The van der Waals surface area contributed by atoms with E-state index in [0.29, 0.717) is 49.1 Å². The number of aromatic amines is 1. The number of carbonyl (C=O) groups excluding carboxylic acids is 2. The fourth-order valence-corrected chi connectivity index (χ4v) is 5.95. The molecular weight excluding hydrogens is 686 g/mol. The number of esters is 1. The number of ether oxygens (including phenoxy) is 4. The molecule has 0 fully saturated rings. The molecule has 0 spiro atoms. The lowest BCUT2D eigenvalue weighted by Gasteiger charge is -2.14. The highest BCUT2D eigenvalue weighted by atomic mass is 79.9. The van der Waals surface area contributed by atoms with Crippen LogP contribution in [0, 0.1) is 0 Å². The Morgan fingerprint density at radius 1 is 0.830 bits per heavy atom. The highest BCUT2D eigenvalue weighted by Crippen LogP contribution is 2.40. The molecule has 1 aromatic heterocycles. The van der Waals surface area contributed by atoms with Crippen LogP contribution >= 0.6 is 27.5 Å². The predicted octanol–water partition coefficient (Wildman–Crippen LogP) is 8.41. The summed E-state index contributed by atoms with van der Waals surface area (Å²) in [6.07, 6.45) is 1.40. The van der Waals surface area contributed by atoms with Crippen LogP contribution < -0.4 is 24.4 Å². The van der Waals surface area contributed by atoms with E-state index in [9.17, 15) is 9.59 Å². The number of aromatic nitrogens is 1. The average molecular weight is 713 g/mol. The summed E-state index contributed by atoms with van der Waals surface area (Å²) in [5.74, 6) is 0.0150. The minimum Gasteiger partial charge on any atom is -0.493 e. The molecule has 5 aromatic carbocycles. The van der Waals surface area contributed by atoms with Gasteiger partial charge in [0.15, 0.2) is 11.5 Å². The summed E-state index contributed by atoms with van der Waals surface area (Å²) in [4.78, 5) is 30.2. The van der Waals surface area contributed by atoms with E-state index in [1.54, 1.807) is 24.3 Å². The number of fused-ring (bicyclic) bond motifs is 3. The number of H-pyrrole nitrogens is 1. The van der Waals surface area contributed by atoms with Gasteiger partial charge >= 0.3 is 5.97 Å². The van der Waals surface area contributed by atoms with Crippen molar-refractivity contribution in [2.45, 2.75) is 0 Å². The van der Waals surface area contributed by atoms with Crippen LogP contribution in [0.2, 0.25) is 5.02 Å². The molecule has 0 atom stereocenters. The summed E-state index contributed by atoms with van der Waals surface area (Å²) < 4.78 is 22.5. The Bertz CT molecular complexity index is 2170. The van der Waals surface area contributed by atoms with Crippen molar-refractivity contribution in [1.82, 2.24) is 10.4 Å². The second-order valence-corrected chi connectivity index (χ2v) is 11.6. The average Bonchev–Trinajstić information content (AvgIpc) is 3.49. The number of halogens is 2. The molecule has 9 nitrogen and oxygen atoms in total. The lowest BCUT2D eigenvalue weighted by atomic mass is 9.99. The van der Waals surface area contributed by atoms with Gasteiger partial charge in [-0.25, -0.2) is 10.2 Å². The van der Waals surface area contributed by atoms with Gasteiger partial charge in [0, 0.05) is 37.0 Å². The molecule has 11 heteroatoms. The lowest BCUT2D eigenvalue weighted by molar-refractivity contribution is 0.0733. The molecule has 0 aliphatic heterocycles. The molecule has 0 unspecified atom stereocenters. The van der Waals surface area contributed by atoms with Gasteiger partial charge in [0.05, 0.1) is 38.6 Å². The Balaban J connectivity index is 1.31. The summed E-state index contributed by atoms with van der Waals surface area (Å²) >= 11 is 10.1. The Hall–Kier alpha value is -5.32. The standard InChI is InChI=1S/C36H27BrClN3O6/c1-44-29-17-21(18-30(45-2)34(29)46-3)36(43)47-28-15-13-23(37)16-22(28)19-39-41-35(42)33-31(25-10-6-7-11-27(25)38)26-14-12-20-8-4-5-9-24(20)32(26)40-33/h4-19,40H,1-3H3,(H,41,42). The number of rotatable bonds is 9. The van der Waals surface area contributed by atoms with E-state index in [1.165, 1.54) is 39.7 Å². The van der Waals surface area contributed by atoms with Crippen LogP contribution in [0.3, 0.4) is 0 Å². The van der Waals surface area contributed by atoms with Crippen LogP contribution in [0.15, 0.2) is 101 Å². The SMILES string of the molecule is COc1cc(C(=O)Oc2ccc(Br)cc2C=NNC(=O)c2[nH]c3c(ccc4ccccc43)c2-c2ccccc2Cl)cc(OC)c1OC. The maximum absolute atomic E-state index is 13.7. The van der Waals surface area contributed by atoms with Crippen LogP contribution in [0.1, 0.15) is 26.4 Å². The summed E-state index contributed by atoms with van der Waals surface area (Å²) in [7, 11) is 4.39. The molecule has 236 valence electrons. The van der Waals surface area contributed by atoms with Gasteiger partial charge in [-0.1, -0.05) is 82.1 Å². The van der Waals surface area contributed by atoms with Crippen molar-refractivity contribution in [3.63, 3.8) is 0 Å². The first kappa shape index (κ1) is 31.7. The molecule has 0 bridgehead atoms. The first-order chi connectivity index (χ1) is 22.8. The molecule has 0 saturated carbocycles. The van der Waals surface area contributed by atoms with Crippen LogP contribution in [0.5, 0.6) is 23.0 Å². The number of carbonyl (C=O) groups is 2. The summed E-state index contributed by atoms with van der Waals surface area (Å²) in [5.41, 5.74) is 5.68. The number of amides is 1. The van der Waals surface area contributed by atoms with Crippen LogP contribution in [-0.2, 0) is 0 Å². The molecule has 0 saturated heterocycles. The molecule has 0 aliphatic rings. The first-order valence-electron chi connectivity index (χ1n) is 14.3. The van der Waals surface area contributed by atoms with E-state index in [2.05, 4.69) is 31.4 Å². The van der Waals surface area contributed by atoms with E-state index < -0.39 is 11.9 Å². The topological polar surface area (TPSA) is 111 Å². The van der Waals surface area contributed by atoms with Crippen LogP contribution in [0.4, 0.5) is 0 Å². The van der Waals surface area contributed by atoms with Gasteiger partial charge < -0.3 is 23.9 Å². The Labute approximate surface area is 283 Å². The third-order valence-corrected chi connectivity index (χ3v) is 8.34. The molecule has 47 heavy (non-hydrogen) atoms. The third kappa shape index (κ3) is 6.25. The number of nitrogens with zero attached hydrogens (tertiary/aromatic N) is 1. The third-order valence-electron chi connectivity index (χ3n) is 7.51. The van der Waals surface area contributed by atoms with Crippen molar-refractivity contribution in [3.05, 3.63) is 117 Å². The largest absolute Gasteiger partial charge is 0.493 e. The fourth-order valence-electron chi connectivity index (χ4n) is 5.34. The minimum absolute atomic E-state index is 0.178. The Morgan fingerprint density at radius 3 is 2.28 bits per heavy atom. The molecule has 6 aromatic rings. The van der Waals surface area contributed by atoms with E-state index in [1.807, 2.05) is 54.6 Å². The Kier molecular flexibility index (Phi) is 9.15. The van der Waals surface area contributed by atoms with Crippen molar-refractivity contribution in [2.24, 2.45) is 5.10 Å². The van der Waals surface area contributed by atoms with Crippen molar-refractivity contribution in [1.29, 1.82) is 0 Å². The number of nitrogens with one attached hydrogen (secondary N) is 2. The number of methoxy groups -OCH3 is 3. The van der Waals surface area contributed by atoms with Gasteiger partial charge in [-0.3, -0.25) is 4.79 Å². The van der Waals surface area contributed by atoms with E-state index in [4.69, 9.17) is 30.5 Å². The highest BCUT2D eigenvalue weighted by Gasteiger charge is 2.22. The highest BCUT2D eigenvalue weighted by molar-refractivity contribution is 9.10. The minimum atomic E-state index is -0.667. The second kappa shape index (κ2) is 13.6. The van der Waals surface area contributed by atoms with Crippen molar-refractivity contribution in [2.75, 3.05) is 21.3 Å². The zero-order valence-corrected chi connectivity index (χ0v) is 27.7. The molecule has 1 amide bonds. The van der Waals surface area contributed by atoms with Gasteiger partial charge in [0.25, 0.3) is 5.91 Å². The first-order valence-corrected chi connectivity index (χ1v) is 15.4. The van der Waals surface area contributed by atoms with Gasteiger partial charge in [0.2, 0.25) is 5.75 Å². The normalized spacial score (nSPS) is 11.2. The Morgan fingerprint density at radius 2 is 1.55 bits per heavy atom. The predicted molar refractivity (Wildman–Crippen MR) is 187 cm³/mol. The molecule has 2 N–H and O–H groups in total. The van der Waals surface area contributed by atoms with Gasteiger partial charge in [-0.2, -0.15) is 5.10 Å². The summed E-state index contributed by atoms with van der Waals surface area (Å²) in [6.45, 7) is 0. The maximum atomic E-state index is 13.7. The van der Waals surface area contributed by atoms with Gasteiger partial charge in [-0.15, -0.1) is 0 Å². The molecule has 0 aliphatic carbocycles. The summed E-state index contributed by atoms with van der Waals surface area (Å²) in [5, 5.41) is 7.57. The van der Waals surface area contributed by atoms with Crippen LogP contribution in [-0.4, -0.2) is 44.4 Å². The zero-order chi connectivity index (χ0) is 33.1. The maximum Gasteiger partial charge on any atom is 0.343 e. The quantitative estimate of drug-likeness (QED) is 0.0674. The molecule has 6 rings (SSSR count). The number of hydrogen-bond donors (Lipinski definition) is 2. The number of hydrazone groups is 1. The van der Waals surface area contributed by atoms with Gasteiger partial charge in [0.1, 0.15) is 11.4 Å². The molecule has 0 radical (unpaired) electrons. The molecule has 1 heterocycles. The lowest BCUT2D eigenvalue weighted by Crippen LogP contribution is -2.19. The van der Waals surface area contributed by atoms with Gasteiger partial charge in [-0.05, 0) is 41.8 Å². The molecular formula is C36H27BrClN3O6. The van der Waals surface area contributed by atoms with Crippen LogP contribution in [0.25, 0.3) is 32.8 Å². The number of hydrogen-bond acceptors (Lipinski definition) is 7. The van der Waals surface area contributed by atoms with E-state index in [0.717, 1.165) is 21.7 Å². The monoisotopic (exact) mass is 711 g/mol. The van der Waals surface area contributed by atoms with E-state index in [-0.39, 0.29) is 11.3 Å². The fraction of sp³-hybridized carbons (Fsp3) is 0.0833. The second-order valence-electron chi connectivity index (χ2n) is 10.2. The summed E-state index contributed by atoms with van der Waals surface area (Å²) in [6, 6.07) is 27.3. The van der Waals surface area contributed by atoms with Crippen molar-refractivity contribution >= 4 is 67.3 Å². The van der Waals surface area contributed by atoms with Crippen molar-refractivity contribution < 1.29 is 28.5 Å². The number of benzene rings is 5. The van der Waals surface area contributed by atoms with E-state index >= 15 is 0 Å². The van der Waals surface area contributed by atoms with Crippen molar-refractivity contribution in [3.8, 4) is 34.1 Å².